The minimum Gasteiger partial charge on any atom is -0.353 e. The van der Waals surface area contributed by atoms with E-state index in [9.17, 15) is 0 Å². The molecule has 6 heterocycles. The maximum absolute atomic E-state index is 5.82. The van der Waals surface area contributed by atoms with Gasteiger partial charge in [-0.25, -0.2) is 15.0 Å². The van der Waals surface area contributed by atoms with E-state index < -0.39 is 0 Å². The number of hydrogen-bond acceptors (Lipinski definition) is 3. The van der Waals surface area contributed by atoms with Gasteiger partial charge >= 0.3 is 0 Å². The maximum atomic E-state index is 5.82. The van der Waals surface area contributed by atoms with Crippen LogP contribution in [0.5, 0.6) is 0 Å². The van der Waals surface area contributed by atoms with Gasteiger partial charge in [0.1, 0.15) is 0 Å². The van der Waals surface area contributed by atoms with Crippen molar-refractivity contribution in [2.45, 2.75) is 107 Å². The predicted octanol–water partition coefficient (Wildman–Crippen LogP) is 12.7. The van der Waals surface area contributed by atoms with Crippen molar-refractivity contribution < 1.29 is 0 Å². The molecule has 0 fully saturated rings. The van der Waals surface area contributed by atoms with Gasteiger partial charge in [-0.2, -0.15) is 0 Å². The molecule has 0 aliphatic carbocycles. The Bertz CT molecular complexity index is 2520. The molecule has 2 aromatic carbocycles. The number of nitrogens with one attached hydrogen (secondary N) is 2. The molecule has 0 saturated heterocycles. The standard InChI is InChI=1S/C51H55N5/c1-9-32-34(11-3)46-42(30-24-19-17-20-25-30)48-36(13-5)38(15-7)50(55-48)51-39(16-8)37(14-6)49(56-51)43(31-26-21-18-22-27-31)47-35(12-4)33(10-2)45(54-47)41-29-23-28-40(52-41)44(32)53-46/h17-29,53,56H,9-16H2,1-8H3. The van der Waals surface area contributed by atoms with Crippen LogP contribution in [0.3, 0.4) is 0 Å². The summed E-state index contributed by atoms with van der Waals surface area (Å²) in [5, 5.41) is 0. The smallest absolute Gasteiger partial charge is 0.0929 e. The van der Waals surface area contributed by atoms with Crippen molar-refractivity contribution in [3.63, 3.8) is 0 Å². The van der Waals surface area contributed by atoms with E-state index in [1.54, 1.807) is 0 Å². The normalized spacial score (nSPS) is 15.3. The maximum Gasteiger partial charge on any atom is 0.0929 e. The summed E-state index contributed by atoms with van der Waals surface area (Å²) in [7, 11) is 0. The number of allylic oxidation sites excluding steroid dienone is 4. The van der Waals surface area contributed by atoms with Gasteiger partial charge in [-0.05, 0) is 119 Å². The Morgan fingerprint density at radius 3 is 1.27 bits per heavy atom. The Hall–Kier alpha value is -5.55. The molecule has 0 saturated carbocycles. The lowest BCUT2D eigenvalue weighted by Crippen LogP contribution is -2.06. The van der Waals surface area contributed by atoms with Crippen LogP contribution in [0, 0.1) is 0 Å². The van der Waals surface area contributed by atoms with E-state index in [2.05, 4.69) is 144 Å². The van der Waals surface area contributed by atoms with Crippen LogP contribution in [0.15, 0.2) is 123 Å². The molecular weight excluding hydrogens is 683 g/mol. The van der Waals surface area contributed by atoms with E-state index in [4.69, 9.17) is 15.0 Å². The van der Waals surface area contributed by atoms with Crippen molar-refractivity contribution >= 4 is 22.6 Å². The Morgan fingerprint density at radius 2 is 0.786 bits per heavy atom. The number of rotatable bonds is 10. The number of benzene rings is 2. The highest BCUT2D eigenvalue weighted by molar-refractivity contribution is 6.18. The number of nitrogens with zero attached hydrogens (tertiary/aromatic N) is 3. The van der Waals surface area contributed by atoms with Gasteiger partial charge in [-0.3, -0.25) is 0 Å². The molecule has 5 heteroatoms. The molecular formula is C51H55N5. The predicted molar refractivity (Wildman–Crippen MR) is 236 cm³/mol. The van der Waals surface area contributed by atoms with Crippen molar-refractivity contribution in [1.82, 2.24) is 15.0 Å². The van der Waals surface area contributed by atoms with Gasteiger partial charge in [-0.1, -0.05) is 122 Å². The molecule has 5 aromatic rings. The van der Waals surface area contributed by atoms with Crippen molar-refractivity contribution in [3.05, 3.63) is 169 Å². The average Bonchev–Trinajstić information content (AvgIpc) is 4.01. The topological polar surface area (TPSA) is 69.2 Å². The molecule has 8 rings (SSSR count). The molecule has 3 aromatic heterocycles. The lowest BCUT2D eigenvalue weighted by molar-refractivity contribution is 1.04. The number of aromatic nitrogens is 3. The molecule has 0 amide bonds. The summed E-state index contributed by atoms with van der Waals surface area (Å²) in [6, 6.07) is 28.3. The zero-order chi connectivity index (χ0) is 39.1. The molecule has 5 nitrogen and oxygen atoms in total. The fourth-order valence-electron chi connectivity index (χ4n) is 9.70. The first-order valence-corrected chi connectivity index (χ1v) is 21.1. The number of hydrogen-bond donors (Lipinski definition) is 2. The molecule has 284 valence electrons. The highest BCUT2D eigenvalue weighted by Crippen LogP contribution is 2.46. The molecule has 2 N–H and O–H groups in total. The van der Waals surface area contributed by atoms with Gasteiger partial charge in [0.25, 0.3) is 0 Å². The Labute approximate surface area is 333 Å². The van der Waals surface area contributed by atoms with E-state index in [1.165, 1.54) is 55.7 Å². The summed E-state index contributed by atoms with van der Waals surface area (Å²) in [5.74, 6) is 0. The third-order valence-electron chi connectivity index (χ3n) is 12.2. The van der Waals surface area contributed by atoms with Crippen LogP contribution < -0.4 is 0 Å². The van der Waals surface area contributed by atoms with Gasteiger partial charge in [0.15, 0.2) is 0 Å². The zero-order valence-electron chi connectivity index (χ0n) is 34.5. The molecule has 0 unspecified atom stereocenters. The summed E-state index contributed by atoms with van der Waals surface area (Å²) in [5.41, 5.74) is 25.8. The first kappa shape index (κ1) is 37.4. The fourth-order valence-corrected chi connectivity index (χ4v) is 9.70. The van der Waals surface area contributed by atoms with E-state index in [-0.39, 0.29) is 0 Å². The average molecular weight is 738 g/mol. The van der Waals surface area contributed by atoms with Gasteiger partial charge in [-0.15, -0.1) is 0 Å². The first-order chi connectivity index (χ1) is 27.5. The molecule has 56 heavy (non-hydrogen) atoms. The van der Waals surface area contributed by atoms with Crippen LogP contribution in [0.4, 0.5) is 0 Å². The minimum absolute atomic E-state index is 0.873. The zero-order valence-corrected chi connectivity index (χ0v) is 34.5. The molecule has 0 atom stereocenters. The fraction of sp³-hybridized carbons (Fsp3) is 0.314. The van der Waals surface area contributed by atoms with Crippen molar-refractivity contribution in [2.24, 2.45) is 9.98 Å². The monoisotopic (exact) mass is 737 g/mol. The SMILES string of the molecule is CCC1=C(CC)C2=C(c3ccccc3)c3[nH]c(c(CC)c3CC)C3=NC(=C(c4ccccc4)c4[nH]c(c(CC)c4CC)-c4cccc(n4)C1=N2)C(CC)=C3CC. The summed E-state index contributed by atoms with van der Waals surface area (Å²) in [6.07, 6.45) is 7.11. The third-order valence-corrected chi connectivity index (χ3v) is 12.2. The molecule has 10 bridgehead atoms. The molecule has 0 spiro atoms. The Balaban J connectivity index is 1.60. The number of aliphatic imine (C=N–C) groups is 2. The highest BCUT2D eigenvalue weighted by Gasteiger charge is 2.34. The van der Waals surface area contributed by atoms with Gasteiger partial charge in [0.2, 0.25) is 0 Å². The number of pyridine rings is 1. The van der Waals surface area contributed by atoms with Crippen LogP contribution >= 0.6 is 0 Å². The van der Waals surface area contributed by atoms with Gasteiger partial charge in [0, 0.05) is 11.1 Å². The van der Waals surface area contributed by atoms with E-state index in [0.29, 0.717) is 0 Å². The largest absolute Gasteiger partial charge is 0.353 e. The summed E-state index contributed by atoms with van der Waals surface area (Å²) >= 11 is 0. The lowest BCUT2D eigenvalue weighted by atomic mass is 9.89. The van der Waals surface area contributed by atoms with Gasteiger partial charge in [0.05, 0.1) is 57.0 Å². The van der Waals surface area contributed by atoms with Crippen LogP contribution in [0.2, 0.25) is 0 Å². The minimum atomic E-state index is 0.873. The van der Waals surface area contributed by atoms with E-state index in [0.717, 1.165) is 119 Å². The Morgan fingerprint density at radius 1 is 0.375 bits per heavy atom. The lowest BCUT2D eigenvalue weighted by Gasteiger charge is -2.14. The van der Waals surface area contributed by atoms with Crippen LogP contribution in [-0.2, 0) is 25.7 Å². The quantitative estimate of drug-likeness (QED) is 0.147. The summed E-state index contributed by atoms with van der Waals surface area (Å²) in [6.45, 7) is 18.3. The van der Waals surface area contributed by atoms with Gasteiger partial charge < -0.3 is 9.97 Å². The first-order valence-electron chi connectivity index (χ1n) is 21.1. The second-order valence-corrected chi connectivity index (χ2v) is 14.9. The molecule has 3 aliphatic heterocycles. The summed E-state index contributed by atoms with van der Waals surface area (Å²) < 4.78 is 0. The van der Waals surface area contributed by atoms with Crippen LogP contribution in [0.1, 0.15) is 137 Å². The van der Waals surface area contributed by atoms with Crippen molar-refractivity contribution in [3.8, 4) is 11.4 Å². The molecule has 3 aliphatic rings. The third kappa shape index (κ3) is 5.86. The molecule has 0 radical (unpaired) electrons. The number of H-pyrrole nitrogens is 2. The summed E-state index contributed by atoms with van der Waals surface area (Å²) in [4.78, 5) is 25.2. The Kier molecular flexibility index (Phi) is 10.4. The van der Waals surface area contributed by atoms with Crippen molar-refractivity contribution in [2.75, 3.05) is 0 Å². The number of aromatic amines is 2. The van der Waals surface area contributed by atoms with E-state index in [1.807, 2.05) is 0 Å². The van der Waals surface area contributed by atoms with Crippen molar-refractivity contribution in [1.29, 1.82) is 0 Å². The highest BCUT2D eigenvalue weighted by atomic mass is 14.9. The van der Waals surface area contributed by atoms with Crippen LogP contribution in [0.25, 0.3) is 22.5 Å². The second-order valence-electron chi connectivity index (χ2n) is 14.9. The van der Waals surface area contributed by atoms with Crippen LogP contribution in [-0.4, -0.2) is 26.4 Å². The van der Waals surface area contributed by atoms with E-state index >= 15 is 0 Å². The number of fused-ring (bicyclic) bond motifs is 11. The second kappa shape index (κ2) is 15.5.